The number of carbonyl (C=O) groups is 2. The molecule has 3 aromatic carbocycles. The molecule has 29 heavy (non-hydrogen) atoms. The summed E-state index contributed by atoms with van der Waals surface area (Å²) in [5.41, 5.74) is 9.33. The summed E-state index contributed by atoms with van der Waals surface area (Å²) in [6, 6.07) is 22.6. The molecule has 0 saturated carbocycles. The Bertz CT molecular complexity index is 1060. The number of anilines is 2. The highest BCUT2D eigenvalue weighted by atomic mass is 16.5. The molecule has 0 spiro atoms. The number of benzene rings is 3. The predicted molar refractivity (Wildman–Crippen MR) is 112 cm³/mol. The van der Waals surface area contributed by atoms with E-state index in [2.05, 4.69) is 5.32 Å². The molecule has 146 valence electrons. The van der Waals surface area contributed by atoms with Gasteiger partial charge in [-0.1, -0.05) is 36.4 Å². The molecule has 2 amide bonds. The van der Waals surface area contributed by atoms with Gasteiger partial charge in [0.1, 0.15) is 11.9 Å². The lowest BCUT2D eigenvalue weighted by atomic mass is 10.0. The standard InChI is InChI=1S/C23H21N3O3/c1-15-5-4-6-17(13-15)26-22(25-20-8-3-2-7-19(20)23(26)28)16-9-11-18(12-10-16)29-14-21(24)27/h2-13,22,25H,14H2,1H3,(H2,24,27)/t22-/m0/s1. The van der Waals surface area contributed by atoms with Crippen molar-refractivity contribution in [1.29, 1.82) is 0 Å². The Labute approximate surface area is 168 Å². The molecule has 3 N–H and O–H groups in total. The number of rotatable bonds is 5. The molecule has 6 nitrogen and oxygen atoms in total. The van der Waals surface area contributed by atoms with Gasteiger partial charge in [-0.25, -0.2) is 0 Å². The van der Waals surface area contributed by atoms with Crippen LogP contribution in [0.4, 0.5) is 11.4 Å². The summed E-state index contributed by atoms with van der Waals surface area (Å²) in [6.45, 7) is 1.82. The van der Waals surface area contributed by atoms with Gasteiger partial charge in [0.05, 0.1) is 5.56 Å². The summed E-state index contributed by atoms with van der Waals surface area (Å²) in [6.07, 6.45) is -0.385. The van der Waals surface area contributed by atoms with Crippen LogP contribution in [0.25, 0.3) is 0 Å². The second-order valence-electron chi connectivity index (χ2n) is 6.93. The number of primary amides is 1. The fourth-order valence-corrected chi connectivity index (χ4v) is 3.43. The number of para-hydroxylation sites is 1. The fraction of sp³-hybridized carbons (Fsp3) is 0.130. The number of nitrogens with one attached hydrogen (secondary N) is 1. The van der Waals surface area contributed by atoms with Crippen LogP contribution in [0.15, 0.2) is 72.8 Å². The lowest BCUT2D eigenvalue weighted by Crippen LogP contribution is -2.43. The molecule has 0 aromatic heterocycles. The maximum Gasteiger partial charge on any atom is 0.262 e. The first-order valence-electron chi connectivity index (χ1n) is 9.30. The molecule has 0 fully saturated rings. The molecule has 6 heteroatoms. The minimum Gasteiger partial charge on any atom is -0.484 e. The summed E-state index contributed by atoms with van der Waals surface area (Å²) >= 11 is 0. The zero-order chi connectivity index (χ0) is 20.4. The monoisotopic (exact) mass is 387 g/mol. The van der Waals surface area contributed by atoms with Crippen LogP contribution in [0.2, 0.25) is 0 Å². The van der Waals surface area contributed by atoms with Crippen LogP contribution in [0.1, 0.15) is 27.7 Å². The largest absolute Gasteiger partial charge is 0.484 e. The van der Waals surface area contributed by atoms with Gasteiger partial charge in [-0.3, -0.25) is 14.5 Å². The van der Waals surface area contributed by atoms with Gasteiger partial charge in [-0.05, 0) is 54.4 Å². The molecule has 0 bridgehead atoms. The lowest BCUT2D eigenvalue weighted by molar-refractivity contribution is -0.119. The van der Waals surface area contributed by atoms with Crippen LogP contribution in [0, 0.1) is 6.92 Å². The van der Waals surface area contributed by atoms with Crippen molar-refractivity contribution in [3.05, 3.63) is 89.5 Å². The number of nitrogens with zero attached hydrogens (tertiary/aromatic N) is 1. The molecule has 0 saturated heterocycles. The molecule has 3 aromatic rings. The van der Waals surface area contributed by atoms with Crippen LogP contribution in [0.3, 0.4) is 0 Å². The molecular formula is C23H21N3O3. The molecule has 1 atom stereocenters. The zero-order valence-electron chi connectivity index (χ0n) is 16.0. The maximum atomic E-state index is 13.4. The van der Waals surface area contributed by atoms with Gasteiger partial charge in [0.15, 0.2) is 6.61 Å². The van der Waals surface area contributed by atoms with Gasteiger partial charge in [-0.2, -0.15) is 0 Å². The van der Waals surface area contributed by atoms with Crippen molar-refractivity contribution in [2.75, 3.05) is 16.8 Å². The van der Waals surface area contributed by atoms with Crippen molar-refractivity contribution >= 4 is 23.2 Å². The van der Waals surface area contributed by atoms with E-state index in [0.717, 1.165) is 22.5 Å². The van der Waals surface area contributed by atoms with Gasteiger partial charge >= 0.3 is 0 Å². The summed E-state index contributed by atoms with van der Waals surface area (Å²) in [5.74, 6) is -0.0583. The van der Waals surface area contributed by atoms with E-state index >= 15 is 0 Å². The smallest absolute Gasteiger partial charge is 0.262 e. The number of hydrogen-bond donors (Lipinski definition) is 2. The SMILES string of the molecule is Cc1cccc(N2C(=O)c3ccccc3N[C@@H]2c2ccc(OCC(N)=O)cc2)c1. The number of nitrogens with two attached hydrogens (primary N) is 1. The second kappa shape index (κ2) is 7.67. The van der Waals surface area contributed by atoms with Crippen molar-refractivity contribution in [2.24, 2.45) is 5.73 Å². The number of hydrogen-bond acceptors (Lipinski definition) is 4. The Morgan fingerprint density at radius 1 is 1.07 bits per heavy atom. The molecule has 0 radical (unpaired) electrons. The molecule has 0 unspecified atom stereocenters. The second-order valence-corrected chi connectivity index (χ2v) is 6.93. The third-order valence-electron chi connectivity index (χ3n) is 4.78. The van der Waals surface area contributed by atoms with Crippen LogP contribution in [-0.2, 0) is 4.79 Å². The van der Waals surface area contributed by atoms with E-state index in [9.17, 15) is 9.59 Å². The van der Waals surface area contributed by atoms with E-state index in [1.807, 2.05) is 67.6 Å². The topological polar surface area (TPSA) is 84.7 Å². The Hall–Kier alpha value is -3.80. The number of ether oxygens (including phenoxy) is 1. The molecule has 4 rings (SSSR count). The lowest BCUT2D eigenvalue weighted by Gasteiger charge is -2.38. The normalized spacial score (nSPS) is 15.4. The molecule has 1 aliphatic rings. The average Bonchev–Trinajstić information content (AvgIpc) is 2.72. The predicted octanol–water partition coefficient (Wildman–Crippen LogP) is 3.63. The van der Waals surface area contributed by atoms with Gasteiger partial charge in [-0.15, -0.1) is 0 Å². The van der Waals surface area contributed by atoms with E-state index in [1.54, 1.807) is 17.0 Å². The Balaban J connectivity index is 1.73. The van der Waals surface area contributed by atoms with Crippen molar-refractivity contribution in [3.63, 3.8) is 0 Å². The quantitative estimate of drug-likeness (QED) is 0.700. The Morgan fingerprint density at radius 3 is 2.55 bits per heavy atom. The van der Waals surface area contributed by atoms with Crippen molar-refractivity contribution < 1.29 is 14.3 Å². The van der Waals surface area contributed by atoms with E-state index in [1.165, 1.54) is 0 Å². The van der Waals surface area contributed by atoms with E-state index in [0.29, 0.717) is 11.3 Å². The molecule has 0 aliphatic carbocycles. The molecule has 1 aliphatic heterocycles. The minimum absolute atomic E-state index is 0.0657. The Morgan fingerprint density at radius 2 is 1.83 bits per heavy atom. The average molecular weight is 387 g/mol. The van der Waals surface area contributed by atoms with Gasteiger partial charge < -0.3 is 15.8 Å². The van der Waals surface area contributed by atoms with Crippen LogP contribution >= 0.6 is 0 Å². The van der Waals surface area contributed by atoms with Gasteiger partial charge in [0.25, 0.3) is 11.8 Å². The first kappa shape index (κ1) is 18.6. The third-order valence-corrected chi connectivity index (χ3v) is 4.78. The third kappa shape index (κ3) is 3.78. The first-order valence-corrected chi connectivity index (χ1v) is 9.30. The highest BCUT2D eigenvalue weighted by molar-refractivity contribution is 6.12. The minimum atomic E-state index is -0.532. The molecular weight excluding hydrogens is 366 g/mol. The van der Waals surface area contributed by atoms with Crippen molar-refractivity contribution in [3.8, 4) is 5.75 Å². The number of carbonyl (C=O) groups excluding carboxylic acids is 2. The van der Waals surface area contributed by atoms with Crippen LogP contribution in [-0.4, -0.2) is 18.4 Å². The number of amides is 2. The first-order chi connectivity index (χ1) is 14.0. The van der Waals surface area contributed by atoms with E-state index < -0.39 is 5.91 Å². The summed E-state index contributed by atoms with van der Waals surface area (Å²) in [7, 11) is 0. The summed E-state index contributed by atoms with van der Waals surface area (Å²) in [5, 5.41) is 3.47. The number of aryl methyl sites for hydroxylation is 1. The van der Waals surface area contributed by atoms with Crippen molar-refractivity contribution in [1.82, 2.24) is 0 Å². The van der Waals surface area contributed by atoms with Crippen molar-refractivity contribution in [2.45, 2.75) is 13.1 Å². The highest BCUT2D eigenvalue weighted by Gasteiger charge is 2.34. The number of fused-ring (bicyclic) bond motifs is 1. The maximum absolute atomic E-state index is 13.4. The Kier molecular flexibility index (Phi) is 4.91. The summed E-state index contributed by atoms with van der Waals surface area (Å²) in [4.78, 5) is 26.0. The van der Waals surface area contributed by atoms with E-state index in [-0.39, 0.29) is 18.7 Å². The molecule has 1 heterocycles. The fourth-order valence-electron chi connectivity index (χ4n) is 3.43. The van der Waals surface area contributed by atoms with Gasteiger partial charge in [0, 0.05) is 11.4 Å². The van der Waals surface area contributed by atoms with Crippen LogP contribution in [0.5, 0.6) is 5.75 Å². The highest BCUT2D eigenvalue weighted by Crippen LogP contribution is 2.37. The van der Waals surface area contributed by atoms with Crippen LogP contribution < -0.4 is 20.7 Å². The van der Waals surface area contributed by atoms with E-state index in [4.69, 9.17) is 10.5 Å². The zero-order valence-corrected chi connectivity index (χ0v) is 16.0. The van der Waals surface area contributed by atoms with Gasteiger partial charge in [0.2, 0.25) is 0 Å². The summed E-state index contributed by atoms with van der Waals surface area (Å²) < 4.78 is 5.34.